The van der Waals surface area contributed by atoms with Crippen molar-refractivity contribution in [2.24, 2.45) is 0 Å². The first kappa shape index (κ1) is 18.9. The van der Waals surface area contributed by atoms with Gasteiger partial charge in [0.15, 0.2) is 0 Å². The van der Waals surface area contributed by atoms with Crippen molar-refractivity contribution >= 4 is 10.0 Å². The third-order valence-corrected chi connectivity index (χ3v) is 6.24. The largest absolute Gasteiger partial charge is 0.492 e. The van der Waals surface area contributed by atoms with Crippen LogP contribution < -0.4 is 9.46 Å². The Morgan fingerprint density at radius 1 is 1.00 bits per heavy atom. The molecule has 0 bridgehead atoms. The number of ether oxygens (including phenoxy) is 1. The molecule has 26 heavy (non-hydrogen) atoms. The van der Waals surface area contributed by atoms with Gasteiger partial charge in [-0.05, 0) is 65.6 Å². The van der Waals surface area contributed by atoms with Gasteiger partial charge >= 0.3 is 0 Å². The van der Waals surface area contributed by atoms with Crippen LogP contribution in [-0.4, -0.2) is 21.6 Å². The Balaban J connectivity index is 1.53. The van der Waals surface area contributed by atoms with Gasteiger partial charge in [-0.25, -0.2) is 13.1 Å². The van der Waals surface area contributed by atoms with Crippen molar-refractivity contribution in [3.8, 4) is 5.75 Å². The zero-order valence-corrected chi connectivity index (χ0v) is 16.5. The molecule has 0 saturated heterocycles. The van der Waals surface area contributed by atoms with Crippen LogP contribution in [0.1, 0.15) is 43.9 Å². The Kier molecular flexibility index (Phi) is 5.39. The zero-order valence-electron chi connectivity index (χ0n) is 15.7. The van der Waals surface area contributed by atoms with E-state index in [4.69, 9.17) is 4.74 Å². The van der Waals surface area contributed by atoms with Gasteiger partial charge in [0.1, 0.15) is 12.4 Å². The number of fused-ring (bicyclic) bond motifs is 1. The van der Waals surface area contributed by atoms with Crippen molar-refractivity contribution in [1.29, 1.82) is 0 Å². The Labute approximate surface area is 156 Å². The Bertz CT molecular complexity index is 865. The zero-order chi connectivity index (χ0) is 18.8. The van der Waals surface area contributed by atoms with E-state index >= 15 is 0 Å². The van der Waals surface area contributed by atoms with Gasteiger partial charge < -0.3 is 4.74 Å². The fourth-order valence-corrected chi connectivity index (χ4v) is 4.21. The highest BCUT2D eigenvalue weighted by Gasteiger charge is 2.17. The first-order chi connectivity index (χ1) is 12.3. The minimum absolute atomic E-state index is 0.000575. The second kappa shape index (κ2) is 7.41. The Morgan fingerprint density at radius 2 is 1.69 bits per heavy atom. The average Bonchev–Trinajstić information content (AvgIpc) is 3.06. The fourth-order valence-electron chi connectivity index (χ4n) is 3.20. The summed E-state index contributed by atoms with van der Waals surface area (Å²) in [6.07, 6.45) is 3.44. The molecule has 0 unspecified atom stereocenters. The van der Waals surface area contributed by atoms with Crippen molar-refractivity contribution in [2.45, 2.75) is 50.3 Å². The fraction of sp³-hybridized carbons (Fsp3) is 0.429. The maximum atomic E-state index is 12.4. The summed E-state index contributed by atoms with van der Waals surface area (Å²) in [5.41, 5.74) is 3.86. The molecule has 2 aromatic rings. The Hall–Kier alpha value is -1.85. The summed E-state index contributed by atoms with van der Waals surface area (Å²) >= 11 is 0. The van der Waals surface area contributed by atoms with Crippen LogP contribution in [-0.2, 0) is 28.3 Å². The molecule has 0 heterocycles. The lowest BCUT2D eigenvalue weighted by molar-refractivity contribution is 0.322. The third-order valence-electron chi connectivity index (χ3n) is 4.76. The number of rotatable bonds is 6. The minimum atomic E-state index is -3.52. The van der Waals surface area contributed by atoms with Crippen molar-refractivity contribution in [1.82, 2.24) is 4.72 Å². The molecular formula is C21H27NO3S. The van der Waals surface area contributed by atoms with Gasteiger partial charge in [-0.15, -0.1) is 0 Å². The number of aryl methyl sites for hydroxylation is 2. The molecule has 0 amide bonds. The van der Waals surface area contributed by atoms with Gasteiger partial charge in [-0.3, -0.25) is 0 Å². The summed E-state index contributed by atoms with van der Waals surface area (Å²) in [5.74, 6) is 0.805. The number of hydrogen-bond donors (Lipinski definition) is 1. The number of nitrogens with one attached hydrogen (secondary N) is 1. The number of sulfonamides is 1. The number of hydrogen-bond acceptors (Lipinski definition) is 3. The average molecular weight is 374 g/mol. The summed E-state index contributed by atoms with van der Waals surface area (Å²) in [7, 11) is -3.52. The van der Waals surface area contributed by atoms with Crippen molar-refractivity contribution in [2.75, 3.05) is 13.2 Å². The topological polar surface area (TPSA) is 55.4 Å². The highest BCUT2D eigenvalue weighted by molar-refractivity contribution is 7.89. The van der Waals surface area contributed by atoms with Crippen LogP contribution >= 0.6 is 0 Å². The van der Waals surface area contributed by atoms with E-state index in [0.29, 0.717) is 6.61 Å². The van der Waals surface area contributed by atoms with Crippen LogP contribution in [0.25, 0.3) is 0 Å². The molecule has 2 aromatic carbocycles. The van der Waals surface area contributed by atoms with E-state index < -0.39 is 10.0 Å². The lowest BCUT2D eigenvalue weighted by Crippen LogP contribution is -2.28. The molecule has 4 nitrogen and oxygen atoms in total. The predicted octanol–water partition coefficient (Wildman–Crippen LogP) is 3.83. The summed E-state index contributed by atoms with van der Waals surface area (Å²) < 4.78 is 33.1. The molecule has 5 heteroatoms. The van der Waals surface area contributed by atoms with E-state index in [1.807, 2.05) is 18.2 Å². The molecule has 0 aliphatic heterocycles. The van der Waals surface area contributed by atoms with Gasteiger partial charge in [0.25, 0.3) is 0 Å². The van der Waals surface area contributed by atoms with Crippen molar-refractivity contribution < 1.29 is 13.2 Å². The van der Waals surface area contributed by atoms with Gasteiger partial charge in [-0.1, -0.05) is 39.0 Å². The second-order valence-electron chi connectivity index (χ2n) is 7.80. The van der Waals surface area contributed by atoms with Gasteiger partial charge in [0.05, 0.1) is 4.90 Å². The molecule has 3 rings (SSSR count). The molecule has 0 fully saturated rings. The smallest absolute Gasteiger partial charge is 0.240 e. The van der Waals surface area contributed by atoms with Crippen molar-refractivity contribution in [3.63, 3.8) is 0 Å². The molecule has 1 N–H and O–H groups in total. The van der Waals surface area contributed by atoms with Gasteiger partial charge in [0, 0.05) is 6.54 Å². The van der Waals surface area contributed by atoms with Crippen LogP contribution in [0.4, 0.5) is 0 Å². The molecule has 0 atom stereocenters. The summed E-state index contributed by atoms with van der Waals surface area (Å²) in [5, 5.41) is 0. The quantitative estimate of drug-likeness (QED) is 0.783. The molecular weight excluding hydrogens is 346 g/mol. The van der Waals surface area contributed by atoms with Crippen molar-refractivity contribution in [3.05, 3.63) is 59.2 Å². The second-order valence-corrected chi connectivity index (χ2v) is 9.57. The minimum Gasteiger partial charge on any atom is -0.492 e. The third kappa shape index (κ3) is 4.46. The predicted molar refractivity (Wildman–Crippen MR) is 104 cm³/mol. The molecule has 0 radical (unpaired) electrons. The van der Waals surface area contributed by atoms with Crippen LogP contribution in [0.5, 0.6) is 5.75 Å². The van der Waals surface area contributed by atoms with Crippen LogP contribution in [0.2, 0.25) is 0 Å². The van der Waals surface area contributed by atoms with Gasteiger partial charge in [-0.2, -0.15) is 0 Å². The molecule has 1 aliphatic carbocycles. The molecule has 0 spiro atoms. The maximum absolute atomic E-state index is 12.4. The molecule has 1 aliphatic rings. The maximum Gasteiger partial charge on any atom is 0.240 e. The van der Waals surface area contributed by atoms with E-state index in [9.17, 15) is 8.42 Å². The van der Waals surface area contributed by atoms with E-state index in [1.165, 1.54) is 17.5 Å². The van der Waals surface area contributed by atoms with E-state index in [0.717, 1.165) is 24.2 Å². The highest BCUT2D eigenvalue weighted by Crippen LogP contribution is 2.26. The van der Waals surface area contributed by atoms with E-state index in [-0.39, 0.29) is 16.9 Å². The van der Waals surface area contributed by atoms with Crippen LogP contribution in [0.15, 0.2) is 47.4 Å². The molecule has 140 valence electrons. The Morgan fingerprint density at radius 3 is 2.38 bits per heavy atom. The van der Waals surface area contributed by atoms with Crippen LogP contribution in [0.3, 0.4) is 0 Å². The summed E-state index contributed by atoms with van der Waals surface area (Å²) in [6, 6.07) is 13.2. The molecule has 0 aromatic heterocycles. The lowest BCUT2D eigenvalue weighted by atomic mass is 9.87. The van der Waals surface area contributed by atoms with E-state index in [1.54, 1.807) is 12.1 Å². The number of benzene rings is 2. The van der Waals surface area contributed by atoms with E-state index in [2.05, 4.69) is 37.6 Å². The summed E-state index contributed by atoms with van der Waals surface area (Å²) in [6.45, 7) is 6.85. The SMILES string of the molecule is CC(C)(C)c1ccc(S(=O)(=O)NCCOc2ccc3c(c2)CCC3)cc1. The normalized spacial score (nSPS) is 14.3. The first-order valence-corrected chi connectivity index (χ1v) is 10.6. The molecule has 0 saturated carbocycles. The highest BCUT2D eigenvalue weighted by atomic mass is 32.2. The first-order valence-electron chi connectivity index (χ1n) is 9.10. The van der Waals surface area contributed by atoms with Gasteiger partial charge in [0.2, 0.25) is 10.0 Å². The van der Waals surface area contributed by atoms with Crippen LogP contribution in [0, 0.1) is 0 Å². The monoisotopic (exact) mass is 373 g/mol. The summed E-state index contributed by atoms with van der Waals surface area (Å²) in [4.78, 5) is 0.281. The lowest BCUT2D eigenvalue weighted by Gasteiger charge is -2.19. The standard InChI is InChI=1S/C21H27NO3S/c1-21(2,3)18-8-11-20(12-9-18)26(23,24)22-13-14-25-19-10-7-16-5-4-6-17(16)15-19/h7-12,15,22H,4-6,13-14H2,1-3H3.